The van der Waals surface area contributed by atoms with Crippen molar-refractivity contribution in [2.24, 2.45) is 5.73 Å². The van der Waals surface area contributed by atoms with Crippen LogP contribution in [0.25, 0.3) is 0 Å². The van der Waals surface area contributed by atoms with Crippen molar-refractivity contribution in [3.8, 4) is 11.5 Å². The second-order valence-electron chi connectivity index (χ2n) is 3.68. The molecule has 6 heteroatoms. The molecule has 0 bridgehead atoms. The van der Waals surface area contributed by atoms with Gasteiger partial charge in [0.1, 0.15) is 11.5 Å². The molecule has 0 aromatic heterocycles. The minimum atomic E-state index is -0.981. The van der Waals surface area contributed by atoms with Crippen LogP contribution in [0.3, 0.4) is 0 Å². The monoisotopic (exact) mass is 251 g/mol. The number of methoxy groups -OCH3 is 2. The van der Waals surface area contributed by atoms with Gasteiger partial charge in [0.2, 0.25) is 17.4 Å². The fourth-order valence-electron chi connectivity index (χ4n) is 1.72. The van der Waals surface area contributed by atoms with Gasteiger partial charge in [-0.25, -0.2) is 0 Å². The van der Waals surface area contributed by atoms with E-state index in [1.165, 1.54) is 14.2 Å². The fraction of sp³-hybridized carbons (Fsp3) is 0.250. The van der Waals surface area contributed by atoms with Crippen molar-refractivity contribution in [2.75, 3.05) is 14.2 Å². The Hall–Kier alpha value is -2.37. The molecule has 2 rings (SSSR count). The predicted octanol–water partition coefficient (Wildman–Crippen LogP) is 1.03. The summed E-state index contributed by atoms with van der Waals surface area (Å²) in [6.07, 6.45) is -0.981. The number of benzene rings is 1. The lowest BCUT2D eigenvalue weighted by atomic mass is 10.0. The molecule has 0 spiro atoms. The molecule has 3 N–H and O–H groups in total. The van der Waals surface area contributed by atoms with Crippen molar-refractivity contribution in [1.82, 2.24) is 0 Å². The molecule has 6 nitrogen and oxygen atoms in total. The Morgan fingerprint density at radius 1 is 1.33 bits per heavy atom. The van der Waals surface area contributed by atoms with E-state index in [0.717, 1.165) is 0 Å². The number of carbonyl (C=O) groups excluding carboxylic acids is 1. The zero-order valence-corrected chi connectivity index (χ0v) is 9.97. The molecule has 1 aliphatic heterocycles. The van der Waals surface area contributed by atoms with E-state index in [-0.39, 0.29) is 5.88 Å². The van der Waals surface area contributed by atoms with E-state index in [2.05, 4.69) is 0 Å². The summed E-state index contributed by atoms with van der Waals surface area (Å²) in [5.41, 5.74) is 5.85. The molecule has 0 amide bonds. The third kappa shape index (κ3) is 1.81. The van der Waals surface area contributed by atoms with E-state index in [1.807, 2.05) is 0 Å². The van der Waals surface area contributed by atoms with Crippen LogP contribution in [-0.4, -0.2) is 25.1 Å². The first-order valence-electron chi connectivity index (χ1n) is 5.20. The maximum Gasteiger partial charge on any atom is 0.247 e. The first-order valence-corrected chi connectivity index (χ1v) is 5.20. The van der Waals surface area contributed by atoms with Crippen LogP contribution in [0, 0.1) is 0 Å². The number of carbonyl (C=O) groups is 1. The van der Waals surface area contributed by atoms with Crippen LogP contribution in [0.15, 0.2) is 29.8 Å². The summed E-state index contributed by atoms with van der Waals surface area (Å²) in [7, 11) is 2.99. The molecule has 1 heterocycles. The van der Waals surface area contributed by atoms with E-state index in [1.54, 1.807) is 18.2 Å². The Morgan fingerprint density at radius 2 is 2.06 bits per heavy atom. The third-order valence-corrected chi connectivity index (χ3v) is 2.67. The molecular weight excluding hydrogens is 238 g/mol. The van der Waals surface area contributed by atoms with Crippen molar-refractivity contribution in [1.29, 1.82) is 0 Å². The molecule has 0 fully saturated rings. The maximum atomic E-state index is 11.7. The Kier molecular flexibility index (Phi) is 3.01. The molecular formula is C12H13NO5. The highest BCUT2D eigenvalue weighted by molar-refractivity contribution is 5.99. The molecule has 0 saturated carbocycles. The number of aliphatic hydroxyl groups is 1. The van der Waals surface area contributed by atoms with Crippen LogP contribution < -0.4 is 15.2 Å². The smallest absolute Gasteiger partial charge is 0.247 e. The van der Waals surface area contributed by atoms with E-state index >= 15 is 0 Å². The predicted molar refractivity (Wildman–Crippen MR) is 62.2 cm³/mol. The fourth-order valence-corrected chi connectivity index (χ4v) is 1.72. The molecule has 96 valence electrons. The van der Waals surface area contributed by atoms with Gasteiger partial charge in [-0.05, 0) is 12.1 Å². The zero-order chi connectivity index (χ0) is 13.3. The number of hydrogen-bond acceptors (Lipinski definition) is 6. The summed E-state index contributed by atoms with van der Waals surface area (Å²) in [5, 5.41) is 9.38. The summed E-state index contributed by atoms with van der Waals surface area (Å²) in [4.78, 5) is 11.7. The lowest BCUT2D eigenvalue weighted by Gasteiger charge is -2.14. The average Bonchev–Trinajstić information content (AvgIpc) is 2.65. The molecule has 0 saturated heterocycles. The summed E-state index contributed by atoms with van der Waals surface area (Å²) in [6.45, 7) is 0. The van der Waals surface area contributed by atoms with Gasteiger partial charge in [-0.2, -0.15) is 0 Å². The van der Waals surface area contributed by atoms with E-state index in [4.69, 9.17) is 19.9 Å². The SMILES string of the molecule is COc1ccc(C2OC(N)=C(O)C2=O)c(OC)c1. The van der Waals surface area contributed by atoms with Gasteiger partial charge >= 0.3 is 0 Å². The molecule has 1 aromatic carbocycles. The molecule has 18 heavy (non-hydrogen) atoms. The van der Waals surface area contributed by atoms with Gasteiger partial charge in [0.25, 0.3) is 0 Å². The largest absolute Gasteiger partial charge is 0.501 e. The molecule has 1 atom stereocenters. The first kappa shape index (κ1) is 12.1. The second-order valence-corrected chi connectivity index (χ2v) is 3.68. The van der Waals surface area contributed by atoms with Crippen LogP contribution >= 0.6 is 0 Å². The minimum Gasteiger partial charge on any atom is -0.501 e. The van der Waals surface area contributed by atoms with E-state index in [9.17, 15) is 9.90 Å². The number of aliphatic hydroxyl groups excluding tert-OH is 1. The van der Waals surface area contributed by atoms with E-state index in [0.29, 0.717) is 17.1 Å². The zero-order valence-electron chi connectivity index (χ0n) is 9.97. The lowest BCUT2D eigenvalue weighted by Crippen LogP contribution is -2.11. The minimum absolute atomic E-state index is 0.275. The van der Waals surface area contributed by atoms with Crippen LogP contribution in [0.4, 0.5) is 0 Å². The summed E-state index contributed by atoms with van der Waals surface area (Å²) in [5.74, 6) is -0.405. The number of ketones is 1. The van der Waals surface area contributed by atoms with Crippen molar-refractivity contribution in [3.05, 3.63) is 35.4 Å². The van der Waals surface area contributed by atoms with Gasteiger partial charge in [0.05, 0.1) is 14.2 Å². The molecule has 0 radical (unpaired) electrons. The topological polar surface area (TPSA) is 91.0 Å². The van der Waals surface area contributed by atoms with Gasteiger partial charge in [0, 0.05) is 11.6 Å². The number of nitrogens with two attached hydrogens (primary N) is 1. The van der Waals surface area contributed by atoms with Crippen molar-refractivity contribution in [3.63, 3.8) is 0 Å². The lowest BCUT2D eigenvalue weighted by molar-refractivity contribution is -0.123. The number of hydrogen-bond donors (Lipinski definition) is 2. The van der Waals surface area contributed by atoms with Gasteiger partial charge in [0.15, 0.2) is 6.10 Å². The Labute approximate surface area is 104 Å². The first-order chi connectivity index (χ1) is 8.58. The van der Waals surface area contributed by atoms with Gasteiger partial charge in [-0.15, -0.1) is 0 Å². The van der Waals surface area contributed by atoms with E-state index < -0.39 is 17.6 Å². The summed E-state index contributed by atoms with van der Waals surface area (Å²) in [6, 6.07) is 4.92. The summed E-state index contributed by atoms with van der Waals surface area (Å²) >= 11 is 0. The molecule has 1 unspecified atom stereocenters. The number of Topliss-reactive ketones (excluding diaryl/α,β-unsaturated/α-hetero) is 1. The molecule has 1 aromatic rings. The quantitative estimate of drug-likeness (QED) is 0.833. The van der Waals surface area contributed by atoms with Crippen molar-refractivity contribution < 1.29 is 24.1 Å². The van der Waals surface area contributed by atoms with Crippen molar-refractivity contribution >= 4 is 5.78 Å². The standard InChI is InChI=1S/C12H13NO5/c1-16-6-3-4-7(8(5-6)17-2)11-9(14)10(15)12(13)18-11/h3-5,11,15H,13H2,1-2H3. The Balaban J connectivity index is 2.38. The van der Waals surface area contributed by atoms with Gasteiger partial charge < -0.3 is 25.1 Å². The van der Waals surface area contributed by atoms with Crippen LogP contribution in [0.5, 0.6) is 11.5 Å². The van der Waals surface area contributed by atoms with Crippen LogP contribution in [0.1, 0.15) is 11.7 Å². The van der Waals surface area contributed by atoms with Crippen molar-refractivity contribution in [2.45, 2.75) is 6.10 Å². The third-order valence-electron chi connectivity index (χ3n) is 2.67. The Bertz CT molecular complexity index is 523. The van der Waals surface area contributed by atoms with Gasteiger partial charge in [-0.3, -0.25) is 4.79 Å². The summed E-state index contributed by atoms with van der Waals surface area (Å²) < 4.78 is 15.3. The molecule has 1 aliphatic rings. The second kappa shape index (κ2) is 4.48. The highest BCUT2D eigenvalue weighted by Gasteiger charge is 2.37. The maximum absolute atomic E-state index is 11.7. The normalized spacial score (nSPS) is 18.8. The average molecular weight is 251 g/mol. The molecule has 0 aliphatic carbocycles. The highest BCUT2D eigenvalue weighted by atomic mass is 16.5. The number of ether oxygens (including phenoxy) is 3. The van der Waals surface area contributed by atoms with Crippen LogP contribution in [-0.2, 0) is 9.53 Å². The highest BCUT2D eigenvalue weighted by Crippen LogP contribution is 2.36. The van der Waals surface area contributed by atoms with Crippen LogP contribution in [0.2, 0.25) is 0 Å². The number of rotatable bonds is 3. The Morgan fingerprint density at radius 3 is 2.56 bits per heavy atom. The van der Waals surface area contributed by atoms with Gasteiger partial charge in [-0.1, -0.05) is 0 Å².